The Morgan fingerprint density at radius 2 is 1.45 bits per heavy atom. The van der Waals surface area contributed by atoms with Gasteiger partial charge < -0.3 is 9.47 Å². The molecule has 1 saturated heterocycles. The van der Waals surface area contributed by atoms with E-state index in [0.717, 1.165) is 13.2 Å². The molecule has 2 rings (SSSR count). The van der Waals surface area contributed by atoms with E-state index >= 15 is 0 Å². The van der Waals surface area contributed by atoms with Crippen molar-refractivity contribution in [2.75, 3.05) is 20.0 Å². The van der Waals surface area contributed by atoms with Crippen LogP contribution in [0.4, 0.5) is 0 Å². The molecule has 2 fully saturated rings. The molecule has 0 aromatic heterocycles. The minimum absolute atomic E-state index is 0.413. The second-order valence-corrected chi connectivity index (χ2v) is 3.88. The Hall–Kier alpha value is -0.0800. The first-order valence-electron chi connectivity index (χ1n) is 4.57. The van der Waals surface area contributed by atoms with E-state index in [1.807, 2.05) is 0 Å². The van der Waals surface area contributed by atoms with Crippen LogP contribution in [-0.4, -0.2) is 20.0 Å². The van der Waals surface area contributed by atoms with Gasteiger partial charge in [-0.25, -0.2) is 0 Å². The van der Waals surface area contributed by atoms with Gasteiger partial charge in [-0.15, -0.1) is 0 Å². The maximum absolute atomic E-state index is 5.34. The zero-order valence-corrected chi connectivity index (χ0v) is 6.97. The van der Waals surface area contributed by atoms with Gasteiger partial charge in [0.15, 0.2) is 0 Å². The van der Waals surface area contributed by atoms with Crippen LogP contribution in [0.1, 0.15) is 32.1 Å². The van der Waals surface area contributed by atoms with Crippen LogP contribution in [0.2, 0.25) is 0 Å². The van der Waals surface area contributed by atoms with Gasteiger partial charge in [-0.05, 0) is 12.8 Å². The fraction of sp³-hybridized carbons (Fsp3) is 1.00. The maximum Gasteiger partial charge on any atom is 0.146 e. The molecule has 64 valence electrons. The van der Waals surface area contributed by atoms with Crippen LogP contribution >= 0.6 is 0 Å². The highest BCUT2D eigenvalue weighted by atomic mass is 16.7. The molecule has 2 heteroatoms. The summed E-state index contributed by atoms with van der Waals surface area (Å²) >= 11 is 0. The predicted molar refractivity (Wildman–Crippen MR) is 42.3 cm³/mol. The van der Waals surface area contributed by atoms with Gasteiger partial charge in [0.05, 0.1) is 13.2 Å². The molecule has 1 saturated carbocycles. The van der Waals surface area contributed by atoms with E-state index in [1.165, 1.54) is 32.1 Å². The lowest BCUT2D eigenvalue weighted by molar-refractivity contribution is -0.173. The molecule has 1 heterocycles. The first-order chi connectivity index (χ1) is 5.41. The van der Waals surface area contributed by atoms with Crippen molar-refractivity contribution in [3.05, 3.63) is 0 Å². The fourth-order valence-corrected chi connectivity index (χ4v) is 2.21. The molecule has 2 aliphatic rings. The van der Waals surface area contributed by atoms with Crippen molar-refractivity contribution in [2.24, 2.45) is 5.41 Å². The maximum atomic E-state index is 5.34. The van der Waals surface area contributed by atoms with Gasteiger partial charge in [0, 0.05) is 5.41 Å². The van der Waals surface area contributed by atoms with Gasteiger partial charge in [-0.3, -0.25) is 0 Å². The lowest BCUT2D eigenvalue weighted by Gasteiger charge is -2.39. The Morgan fingerprint density at radius 1 is 0.818 bits per heavy atom. The third-order valence-electron chi connectivity index (χ3n) is 2.90. The summed E-state index contributed by atoms with van der Waals surface area (Å²) in [5, 5.41) is 0. The van der Waals surface area contributed by atoms with Crippen LogP contribution in [0.5, 0.6) is 0 Å². The Labute approximate surface area is 67.9 Å². The zero-order valence-electron chi connectivity index (χ0n) is 6.97. The minimum Gasteiger partial charge on any atom is -0.355 e. The molecular weight excluding hydrogens is 140 g/mol. The molecular formula is C9H16O2. The molecule has 0 bridgehead atoms. The summed E-state index contributed by atoms with van der Waals surface area (Å²) in [5.41, 5.74) is 0.413. The minimum atomic E-state index is 0.413. The first-order valence-corrected chi connectivity index (χ1v) is 4.57. The van der Waals surface area contributed by atoms with E-state index in [1.54, 1.807) is 0 Å². The van der Waals surface area contributed by atoms with E-state index in [4.69, 9.17) is 9.47 Å². The molecule has 0 radical (unpaired) electrons. The zero-order chi connectivity index (χ0) is 7.57. The molecule has 11 heavy (non-hydrogen) atoms. The Morgan fingerprint density at radius 3 is 2.09 bits per heavy atom. The summed E-state index contributed by atoms with van der Waals surface area (Å²) < 4.78 is 10.7. The van der Waals surface area contributed by atoms with Gasteiger partial charge in [-0.1, -0.05) is 19.3 Å². The molecule has 0 atom stereocenters. The monoisotopic (exact) mass is 156 g/mol. The fourth-order valence-electron chi connectivity index (χ4n) is 2.21. The van der Waals surface area contributed by atoms with Gasteiger partial charge in [0.1, 0.15) is 6.79 Å². The summed E-state index contributed by atoms with van der Waals surface area (Å²) in [5.74, 6) is 0. The molecule has 0 amide bonds. The molecule has 0 aromatic carbocycles. The lowest BCUT2D eigenvalue weighted by atomic mass is 9.75. The number of hydrogen-bond acceptors (Lipinski definition) is 2. The normalized spacial score (nSPS) is 30.5. The van der Waals surface area contributed by atoms with Crippen molar-refractivity contribution in [2.45, 2.75) is 32.1 Å². The van der Waals surface area contributed by atoms with Crippen LogP contribution in [0.15, 0.2) is 0 Å². The average molecular weight is 156 g/mol. The molecule has 1 spiro atoms. The van der Waals surface area contributed by atoms with E-state index in [9.17, 15) is 0 Å². The topological polar surface area (TPSA) is 18.5 Å². The van der Waals surface area contributed by atoms with E-state index in [2.05, 4.69) is 0 Å². The summed E-state index contributed by atoms with van der Waals surface area (Å²) in [6.07, 6.45) is 6.77. The molecule has 1 aliphatic carbocycles. The van der Waals surface area contributed by atoms with Crippen LogP contribution < -0.4 is 0 Å². The molecule has 1 aliphatic heterocycles. The van der Waals surface area contributed by atoms with Gasteiger partial charge in [0.2, 0.25) is 0 Å². The third-order valence-corrected chi connectivity index (χ3v) is 2.90. The van der Waals surface area contributed by atoms with Gasteiger partial charge in [-0.2, -0.15) is 0 Å². The third kappa shape index (κ3) is 1.57. The van der Waals surface area contributed by atoms with Crippen LogP contribution in [-0.2, 0) is 9.47 Å². The highest BCUT2D eigenvalue weighted by molar-refractivity contribution is 4.83. The number of ether oxygens (including phenoxy) is 2. The predicted octanol–water partition coefficient (Wildman–Crippen LogP) is 1.94. The van der Waals surface area contributed by atoms with Crippen LogP contribution in [0.25, 0.3) is 0 Å². The van der Waals surface area contributed by atoms with E-state index < -0.39 is 0 Å². The number of rotatable bonds is 0. The standard InChI is InChI=1S/C9H16O2/c1-2-4-9(5-3-1)6-10-8-11-7-9/h1-8H2. The molecule has 0 unspecified atom stereocenters. The molecule has 0 aromatic rings. The summed E-state index contributed by atoms with van der Waals surface area (Å²) in [6, 6.07) is 0. The highest BCUT2D eigenvalue weighted by Crippen LogP contribution is 2.38. The van der Waals surface area contributed by atoms with Crippen molar-refractivity contribution in [1.82, 2.24) is 0 Å². The van der Waals surface area contributed by atoms with Gasteiger partial charge in [0.25, 0.3) is 0 Å². The lowest BCUT2D eigenvalue weighted by Crippen LogP contribution is -2.38. The second-order valence-electron chi connectivity index (χ2n) is 3.88. The average Bonchev–Trinajstić information content (AvgIpc) is 2.07. The van der Waals surface area contributed by atoms with Crippen LogP contribution in [0.3, 0.4) is 0 Å². The molecule has 2 nitrogen and oxygen atoms in total. The van der Waals surface area contributed by atoms with Gasteiger partial charge >= 0.3 is 0 Å². The summed E-state index contributed by atoms with van der Waals surface area (Å²) in [6.45, 7) is 2.39. The van der Waals surface area contributed by atoms with Crippen molar-refractivity contribution in [3.8, 4) is 0 Å². The summed E-state index contributed by atoms with van der Waals surface area (Å²) in [7, 11) is 0. The quantitative estimate of drug-likeness (QED) is 0.533. The molecule has 0 N–H and O–H groups in total. The summed E-state index contributed by atoms with van der Waals surface area (Å²) in [4.78, 5) is 0. The highest BCUT2D eigenvalue weighted by Gasteiger charge is 2.34. The Balaban J connectivity index is 1.94. The van der Waals surface area contributed by atoms with Crippen molar-refractivity contribution < 1.29 is 9.47 Å². The van der Waals surface area contributed by atoms with E-state index in [0.29, 0.717) is 12.2 Å². The smallest absolute Gasteiger partial charge is 0.146 e. The SMILES string of the molecule is C1CCC2(CC1)COCOC2. The van der Waals surface area contributed by atoms with Crippen molar-refractivity contribution in [3.63, 3.8) is 0 Å². The van der Waals surface area contributed by atoms with Crippen molar-refractivity contribution in [1.29, 1.82) is 0 Å². The number of hydrogen-bond donors (Lipinski definition) is 0. The largest absolute Gasteiger partial charge is 0.355 e. The van der Waals surface area contributed by atoms with Crippen molar-refractivity contribution >= 4 is 0 Å². The second kappa shape index (κ2) is 3.11. The van der Waals surface area contributed by atoms with Crippen LogP contribution in [0, 0.1) is 5.41 Å². The van der Waals surface area contributed by atoms with E-state index in [-0.39, 0.29) is 0 Å². The first kappa shape index (κ1) is 7.56. The Kier molecular flexibility index (Phi) is 2.14. The Bertz CT molecular complexity index is 102.